The molecule has 2 N–H and O–H groups in total. The van der Waals surface area contributed by atoms with Crippen molar-refractivity contribution in [3.63, 3.8) is 0 Å². The van der Waals surface area contributed by atoms with Crippen LogP contribution in [0.5, 0.6) is 5.88 Å². The van der Waals surface area contributed by atoms with Crippen molar-refractivity contribution in [2.24, 2.45) is 7.05 Å². The molecule has 188 valence electrons. The van der Waals surface area contributed by atoms with Gasteiger partial charge in [-0.3, -0.25) is 10.00 Å². The van der Waals surface area contributed by atoms with Gasteiger partial charge < -0.3 is 15.0 Å². The van der Waals surface area contributed by atoms with Crippen molar-refractivity contribution >= 4 is 17.7 Å². The highest BCUT2D eigenvalue weighted by Gasteiger charge is 2.26. The van der Waals surface area contributed by atoms with Crippen molar-refractivity contribution in [1.82, 2.24) is 24.9 Å². The van der Waals surface area contributed by atoms with E-state index in [0.29, 0.717) is 18.3 Å². The molecule has 36 heavy (non-hydrogen) atoms. The summed E-state index contributed by atoms with van der Waals surface area (Å²) in [5.74, 6) is 2.17. The molecular formula is C27H33N7O2. The minimum Gasteiger partial charge on any atom is -0.477 e. The summed E-state index contributed by atoms with van der Waals surface area (Å²) in [6.45, 7) is 5.93. The number of ether oxygens (including phenoxy) is 1. The van der Waals surface area contributed by atoms with Crippen LogP contribution in [0.15, 0.2) is 79.0 Å². The number of carbonyl (C=O) groups excluding carboxylic acids is 1. The van der Waals surface area contributed by atoms with Crippen LogP contribution in [0.4, 0.5) is 16.4 Å². The highest BCUT2D eigenvalue weighted by Crippen LogP contribution is 2.28. The number of amides is 2. The van der Waals surface area contributed by atoms with Gasteiger partial charge in [0, 0.05) is 32.2 Å². The number of para-hydroxylation sites is 1. The highest BCUT2D eigenvalue weighted by atomic mass is 16.5. The first-order valence-corrected chi connectivity index (χ1v) is 12.1. The fraction of sp³-hybridized carbons (Fsp3) is 0.296. The molecule has 1 saturated heterocycles. The zero-order chi connectivity index (χ0) is 25.3. The predicted octanol–water partition coefficient (Wildman–Crippen LogP) is 4.40. The van der Waals surface area contributed by atoms with Crippen LogP contribution in [0.25, 0.3) is 5.69 Å². The average Bonchev–Trinajstić information content (AvgIpc) is 3.62. The lowest BCUT2D eigenvalue weighted by Crippen LogP contribution is -2.40. The summed E-state index contributed by atoms with van der Waals surface area (Å²) >= 11 is 0. The third kappa shape index (κ3) is 6.04. The zero-order valence-electron chi connectivity index (χ0n) is 21.0. The van der Waals surface area contributed by atoms with E-state index in [1.807, 2.05) is 98.4 Å². The molecule has 1 fully saturated rings. The van der Waals surface area contributed by atoms with Gasteiger partial charge in [-0.15, -0.1) is 5.10 Å². The molecule has 1 aliphatic rings. The summed E-state index contributed by atoms with van der Waals surface area (Å²) in [6, 6.07) is 23.5. The Labute approximate surface area is 211 Å². The number of benzene rings is 2. The number of nitrogens with one attached hydrogen (secondary N) is 2. The Morgan fingerprint density at radius 3 is 2.33 bits per heavy atom. The van der Waals surface area contributed by atoms with Crippen molar-refractivity contribution in [3.05, 3.63) is 84.6 Å². The van der Waals surface area contributed by atoms with Crippen LogP contribution < -0.4 is 20.3 Å². The zero-order valence-corrected chi connectivity index (χ0v) is 21.0. The third-order valence-corrected chi connectivity index (χ3v) is 5.90. The lowest BCUT2D eigenvalue weighted by Gasteiger charge is -2.19. The van der Waals surface area contributed by atoms with Crippen molar-refractivity contribution in [3.8, 4) is 11.6 Å². The first-order chi connectivity index (χ1) is 17.6. The largest absolute Gasteiger partial charge is 0.477 e. The molecule has 0 bridgehead atoms. The molecule has 2 aromatic carbocycles. The first kappa shape index (κ1) is 24.8. The lowest BCUT2D eigenvalue weighted by molar-refractivity contribution is 0.249. The van der Waals surface area contributed by atoms with Crippen LogP contribution >= 0.6 is 0 Å². The van der Waals surface area contributed by atoms with Gasteiger partial charge in [0.2, 0.25) is 5.88 Å². The molecule has 9 nitrogen and oxygen atoms in total. The summed E-state index contributed by atoms with van der Waals surface area (Å²) < 4.78 is 9.19. The molecule has 0 spiro atoms. The lowest BCUT2D eigenvalue weighted by atomic mass is 10.3. The number of hydrogen-bond donors (Lipinski definition) is 2. The van der Waals surface area contributed by atoms with E-state index in [4.69, 9.17) is 4.74 Å². The Kier molecular flexibility index (Phi) is 8.23. The second kappa shape index (κ2) is 11.9. The van der Waals surface area contributed by atoms with Crippen LogP contribution in [0.2, 0.25) is 0 Å². The summed E-state index contributed by atoms with van der Waals surface area (Å²) in [5.41, 5.74) is 1.64. The first-order valence-electron chi connectivity index (χ1n) is 12.1. The smallest absolute Gasteiger partial charge is 0.320 e. The van der Waals surface area contributed by atoms with E-state index in [2.05, 4.69) is 25.7 Å². The minimum absolute atomic E-state index is 0.0552. The molecule has 1 aliphatic heterocycles. The van der Waals surface area contributed by atoms with Crippen LogP contribution in [-0.4, -0.2) is 51.3 Å². The van der Waals surface area contributed by atoms with E-state index in [-0.39, 0.29) is 12.1 Å². The van der Waals surface area contributed by atoms with Gasteiger partial charge >= 0.3 is 6.03 Å². The molecule has 2 amide bonds. The van der Waals surface area contributed by atoms with Crippen LogP contribution in [0, 0.1) is 6.92 Å². The standard InChI is InChI=1S/C21H27N7O2.C6H6/c1-4-30-20-15(2)19(28(25-20)17-8-6-5-7-9-17)24-21(29)23-16-11-13-27(14-16)18-10-12-22-26(18)3;1-2-4-6-5-3-1/h5-10,12,16H,4,11,13-14H2,1-3H3,(H2,23,24,29);1-6H. The molecule has 1 atom stereocenters. The van der Waals surface area contributed by atoms with E-state index in [0.717, 1.165) is 36.6 Å². The Morgan fingerprint density at radius 2 is 1.72 bits per heavy atom. The maximum atomic E-state index is 12.8. The van der Waals surface area contributed by atoms with Crippen LogP contribution in [0.1, 0.15) is 18.9 Å². The summed E-state index contributed by atoms with van der Waals surface area (Å²) in [6.07, 6.45) is 2.66. The average molecular weight is 488 g/mol. The second-order valence-corrected chi connectivity index (χ2v) is 8.46. The second-order valence-electron chi connectivity index (χ2n) is 8.46. The topological polar surface area (TPSA) is 89.2 Å². The van der Waals surface area contributed by atoms with Gasteiger partial charge in [0.25, 0.3) is 0 Å². The van der Waals surface area contributed by atoms with E-state index in [9.17, 15) is 4.79 Å². The predicted molar refractivity (Wildman–Crippen MR) is 142 cm³/mol. The number of urea groups is 1. The molecule has 1 unspecified atom stereocenters. The summed E-state index contributed by atoms with van der Waals surface area (Å²) in [5, 5.41) is 14.8. The number of anilines is 2. The van der Waals surface area contributed by atoms with Gasteiger partial charge in [-0.05, 0) is 32.4 Å². The highest BCUT2D eigenvalue weighted by molar-refractivity contribution is 5.90. The monoisotopic (exact) mass is 487 g/mol. The quantitative estimate of drug-likeness (QED) is 0.421. The van der Waals surface area contributed by atoms with Crippen molar-refractivity contribution in [1.29, 1.82) is 0 Å². The van der Waals surface area contributed by atoms with Gasteiger partial charge in [0.15, 0.2) is 0 Å². The molecule has 2 aromatic heterocycles. The molecule has 0 aliphatic carbocycles. The number of aromatic nitrogens is 4. The Balaban J connectivity index is 0.000000445. The number of hydrogen-bond acceptors (Lipinski definition) is 5. The number of nitrogens with zero attached hydrogens (tertiary/aromatic N) is 5. The van der Waals surface area contributed by atoms with Gasteiger partial charge in [0.05, 0.1) is 24.1 Å². The van der Waals surface area contributed by atoms with Gasteiger partial charge in [-0.2, -0.15) is 5.10 Å². The number of rotatable bonds is 6. The molecule has 0 radical (unpaired) electrons. The van der Waals surface area contributed by atoms with E-state index >= 15 is 0 Å². The fourth-order valence-electron chi connectivity index (χ4n) is 4.13. The fourth-order valence-corrected chi connectivity index (χ4v) is 4.13. The maximum absolute atomic E-state index is 12.8. The molecule has 0 saturated carbocycles. The summed E-state index contributed by atoms with van der Waals surface area (Å²) in [7, 11) is 1.92. The van der Waals surface area contributed by atoms with Crippen molar-refractivity contribution < 1.29 is 9.53 Å². The normalized spacial score (nSPS) is 14.6. The minimum atomic E-state index is -0.255. The van der Waals surface area contributed by atoms with E-state index in [1.165, 1.54) is 0 Å². The third-order valence-electron chi connectivity index (χ3n) is 5.90. The molecular weight excluding hydrogens is 454 g/mol. The Hall–Kier alpha value is -4.27. The van der Waals surface area contributed by atoms with Gasteiger partial charge in [-0.25, -0.2) is 9.48 Å². The van der Waals surface area contributed by atoms with Crippen molar-refractivity contribution in [2.45, 2.75) is 26.3 Å². The van der Waals surface area contributed by atoms with Crippen LogP contribution in [-0.2, 0) is 7.05 Å². The van der Waals surface area contributed by atoms with E-state index in [1.54, 1.807) is 10.9 Å². The van der Waals surface area contributed by atoms with Gasteiger partial charge in [-0.1, -0.05) is 54.6 Å². The number of aryl methyl sites for hydroxylation is 1. The molecule has 9 heteroatoms. The molecule has 4 aromatic rings. The Morgan fingerprint density at radius 1 is 1.06 bits per heavy atom. The maximum Gasteiger partial charge on any atom is 0.320 e. The molecule has 5 rings (SSSR count). The SMILES string of the molecule is CCOc1nn(-c2ccccc2)c(NC(=O)NC2CCN(c3ccnn3C)C2)c1C.c1ccccc1. The van der Waals surface area contributed by atoms with Crippen molar-refractivity contribution in [2.75, 3.05) is 29.9 Å². The number of carbonyl (C=O) groups is 1. The van der Waals surface area contributed by atoms with Gasteiger partial charge in [0.1, 0.15) is 11.6 Å². The van der Waals surface area contributed by atoms with Crippen LogP contribution in [0.3, 0.4) is 0 Å². The summed E-state index contributed by atoms with van der Waals surface area (Å²) in [4.78, 5) is 15.0. The van der Waals surface area contributed by atoms with E-state index < -0.39 is 0 Å². The Bertz CT molecular complexity index is 1210. The molecule has 3 heterocycles.